The van der Waals surface area contributed by atoms with Crippen LogP contribution in [-0.4, -0.2) is 43.8 Å². The second kappa shape index (κ2) is 7.63. The van der Waals surface area contributed by atoms with E-state index in [4.69, 9.17) is 10.5 Å². The second-order valence-electron chi connectivity index (χ2n) is 5.46. The molecule has 0 radical (unpaired) electrons. The molecule has 0 amide bonds. The molecule has 1 aromatic rings. The van der Waals surface area contributed by atoms with Gasteiger partial charge in [-0.1, -0.05) is 29.8 Å². The zero-order valence-corrected chi connectivity index (χ0v) is 12.0. The molecule has 1 heterocycles. The SMILES string of the molecule is Cc1ccc(CCN(CCN)CC2CCCO2)cc1. The largest absolute Gasteiger partial charge is 0.377 e. The summed E-state index contributed by atoms with van der Waals surface area (Å²) < 4.78 is 5.72. The van der Waals surface area contributed by atoms with Gasteiger partial charge in [0.25, 0.3) is 0 Å². The van der Waals surface area contributed by atoms with Crippen LogP contribution in [0.3, 0.4) is 0 Å². The Morgan fingerprint density at radius 2 is 2.05 bits per heavy atom. The van der Waals surface area contributed by atoms with Crippen LogP contribution in [0.1, 0.15) is 24.0 Å². The third-order valence-electron chi connectivity index (χ3n) is 3.77. The number of benzene rings is 1. The molecule has 106 valence electrons. The van der Waals surface area contributed by atoms with Crippen LogP contribution >= 0.6 is 0 Å². The molecular weight excluding hydrogens is 236 g/mol. The third-order valence-corrected chi connectivity index (χ3v) is 3.77. The maximum Gasteiger partial charge on any atom is 0.0702 e. The summed E-state index contributed by atoms with van der Waals surface area (Å²) in [7, 11) is 0. The second-order valence-corrected chi connectivity index (χ2v) is 5.46. The monoisotopic (exact) mass is 262 g/mol. The van der Waals surface area contributed by atoms with Crippen LogP contribution in [0.25, 0.3) is 0 Å². The molecule has 1 saturated heterocycles. The van der Waals surface area contributed by atoms with E-state index in [1.807, 2.05) is 0 Å². The first kappa shape index (κ1) is 14.5. The van der Waals surface area contributed by atoms with Crippen molar-refractivity contribution in [2.45, 2.75) is 32.3 Å². The Hall–Kier alpha value is -0.900. The van der Waals surface area contributed by atoms with E-state index in [0.717, 1.165) is 39.2 Å². The Morgan fingerprint density at radius 1 is 1.26 bits per heavy atom. The van der Waals surface area contributed by atoms with Crippen molar-refractivity contribution < 1.29 is 4.74 Å². The minimum absolute atomic E-state index is 0.421. The number of hydrogen-bond donors (Lipinski definition) is 1. The van der Waals surface area contributed by atoms with Crippen molar-refractivity contribution >= 4 is 0 Å². The van der Waals surface area contributed by atoms with Crippen LogP contribution < -0.4 is 5.73 Å². The van der Waals surface area contributed by atoms with Crippen LogP contribution in [0.5, 0.6) is 0 Å². The maximum atomic E-state index is 5.72. The fourth-order valence-electron chi connectivity index (χ4n) is 2.60. The smallest absolute Gasteiger partial charge is 0.0702 e. The molecule has 0 aliphatic carbocycles. The van der Waals surface area contributed by atoms with Crippen LogP contribution in [0.4, 0.5) is 0 Å². The van der Waals surface area contributed by atoms with Crippen molar-refractivity contribution in [3.8, 4) is 0 Å². The van der Waals surface area contributed by atoms with Crippen LogP contribution in [-0.2, 0) is 11.2 Å². The van der Waals surface area contributed by atoms with Gasteiger partial charge in [0.15, 0.2) is 0 Å². The summed E-state index contributed by atoms with van der Waals surface area (Å²) in [5.41, 5.74) is 8.43. The zero-order chi connectivity index (χ0) is 13.5. The summed E-state index contributed by atoms with van der Waals surface area (Å²) in [6.45, 7) is 6.84. The Balaban J connectivity index is 1.80. The highest BCUT2D eigenvalue weighted by Gasteiger charge is 2.18. The lowest BCUT2D eigenvalue weighted by Crippen LogP contribution is -2.37. The maximum absolute atomic E-state index is 5.72. The highest BCUT2D eigenvalue weighted by molar-refractivity contribution is 5.21. The van der Waals surface area contributed by atoms with Gasteiger partial charge in [0.05, 0.1) is 6.10 Å². The van der Waals surface area contributed by atoms with E-state index >= 15 is 0 Å². The van der Waals surface area contributed by atoms with Gasteiger partial charge in [0.2, 0.25) is 0 Å². The van der Waals surface area contributed by atoms with Gasteiger partial charge in [-0.3, -0.25) is 4.90 Å². The van der Waals surface area contributed by atoms with Crippen molar-refractivity contribution in [2.75, 3.05) is 32.8 Å². The fourth-order valence-corrected chi connectivity index (χ4v) is 2.60. The van der Waals surface area contributed by atoms with Crippen LogP contribution in [0.15, 0.2) is 24.3 Å². The van der Waals surface area contributed by atoms with E-state index < -0.39 is 0 Å². The third kappa shape index (κ3) is 4.94. The molecule has 1 atom stereocenters. The van der Waals surface area contributed by atoms with E-state index in [-0.39, 0.29) is 0 Å². The zero-order valence-electron chi connectivity index (χ0n) is 12.0. The van der Waals surface area contributed by atoms with Crippen LogP contribution in [0.2, 0.25) is 0 Å². The average Bonchev–Trinajstić information content (AvgIpc) is 2.91. The lowest BCUT2D eigenvalue weighted by molar-refractivity contribution is 0.0744. The molecule has 1 unspecified atom stereocenters. The van der Waals surface area contributed by atoms with Crippen molar-refractivity contribution in [1.29, 1.82) is 0 Å². The molecule has 0 saturated carbocycles. The molecule has 1 aliphatic rings. The van der Waals surface area contributed by atoms with E-state index in [2.05, 4.69) is 36.1 Å². The Morgan fingerprint density at radius 3 is 2.68 bits per heavy atom. The number of nitrogens with zero attached hydrogens (tertiary/aromatic N) is 1. The highest BCUT2D eigenvalue weighted by Crippen LogP contribution is 2.13. The van der Waals surface area contributed by atoms with E-state index in [0.29, 0.717) is 6.10 Å². The molecule has 3 nitrogen and oxygen atoms in total. The Bertz CT molecular complexity index is 358. The summed E-state index contributed by atoms with van der Waals surface area (Å²) >= 11 is 0. The number of rotatable bonds is 7. The van der Waals surface area contributed by atoms with Crippen LogP contribution in [0, 0.1) is 6.92 Å². The van der Waals surface area contributed by atoms with E-state index in [1.54, 1.807) is 0 Å². The normalized spacial score (nSPS) is 19.2. The number of nitrogens with two attached hydrogens (primary N) is 1. The molecule has 2 N–H and O–H groups in total. The lowest BCUT2D eigenvalue weighted by atomic mass is 10.1. The molecule has 2 rings (SSSR count). The van der Waals surface area contributed by atoms with Crippen molar-refractivity contribution in [3.05, 3.63) is 35.4 Å². The molecule has 3 heteroatoms. The fraction of sp³-hybridized carbons (Fsp3) is 0.625. The predicted octanol–water partition coefficient (Wildman–Crippen LogP) is 1.98. The quantitative estimate of drug-likeness (QED) is 0.816. The molecule has 0 bridgehead atoms. The van der Waals surface area contributed by atoms with Gasteiger partial charge in [0.1, 0.15) is 0 Å². The van der Waals surface area contributed by atoms with Gasteiger partial charge in [-0.25, -0.2) is 0 Å². The number of aryl methyl sites for hydroxylation is 1. The summed E-state index contributed by atoms with van der Waals surface area (Å²) in [5, 5.41) is 0. The Kier molecular flexibility index (Phi) is 5.83. The van der Waals surface area contributed by atoms with Gasteiger partial charge in [-0.2, -0.15) is 0 Å². The molecule has 19 heavy (non-hydrogen) atoms. The number of hydrogen-bond acceptors (Lipinski definition) is 3. The molecule has 0 spiro atoms. The van der Waals surface area contributed by atoms with Crippen molar-refractivity contribution in [2.24, 2.45) is 5.73 Å². The van der Waals surface area contributed by atoms with Crippen molar-refractivity contribution in [1.82, 2.24) is 4.90 Å². The molecule has 1 aliphatic heterocycles. The van der Waals surface area contributed by atoms with Gasteiger partial charge in [-0.05, 0) is 31.7 Å². The lowest BCUT2D eigenvalue weighted by Gasteiger charge is -2.24. The number of ether oxygens (including phenoxy) is 1. The van der Waals surface area contributed by atoms with E-state index in [9.17, 15) is 0 Å². The van der Waals surface area contributed by atoms with Gasteiger partial charge in [0, 0.05) is 32.8 Å². The summed E-state index contributed by atoms with van der Waals surface area (Å²) in [5.74, 6) is 0. The van der Waals surface area contributed by atoms with Gasteiger partial charge < -0.3 is 10.5 Å². The molecule has 1 aromatic carbocycles. The summed E-state index contributed by atoms with van der Waals surface area (Å²) in [4.78, 5) is 2.44. The minimum Gasteiger partial charge on any atom is -0.377 e. The Labute approximate surface area is 116 Å². The first-order valence-corrected chi connectivity index (χ1v) is 7.37. The van der Waals surface area contributed by atoms with Crippen molar-refractivity contribution in [3.63, 3.8) is 0 Å². The first-order chi connectivity index (χ1) is 9.28. The summed E-state index contributed by atoms with van der Waals surface area (Å²) in [6.07, 6.45) is 3.92. The standard InChI is InChI=1S/C16H26N2O/c1-14-4-6-15(7-5-14)8-10-18(11-9-17)13-16-3-2-12-19-16/h4-7,16H,2-3,8-13,17H2,1H3. The molecule has 0 aromatic heterocycles. The molecule has 1 fully saturated rings. The first-order valence-electron chi connectivity index (χ1n) is 7.37. The minimum atomic E-state index is 0.421. The van der Waals surface area contributed by atoms with Gasteiger partial charge >= 0.3 is 0 Å². The summed E-state index contributed by atoms with van der Waals surface area (Å²) in [6, 6.07) is 8.81. The predicted molar refractivity (Wildman–Crippen MR) is 79.4 cm³/mol. The molecular formula is C16H26N2O. The topological polar surface area (TPSA) is 38.5 Å². The van der Waals surface area contributed by atoms with Gasteiger partial charge in [-0.15, -0.1) is 0 Å². The highest BCUT2D eigenvalue weighted by atomic mass is 16.5. The average molecular weight is 262 g/mol. The van der Waals surface area contributed by atoms with E-state index in [1.165, 1.54) is 24.0 Å².